The molecular formula is C15H16ClFO6. The lowest BCUT2D eigenvalue weighted by atomic mass is 10.1. The van der Waals surface area contributed by atoms with E-state index in [-0.39, 0.29) is 36.0 Å². The summed E-state index contributed by atoms with van der Waals surface area (Å²) in [7, 11) is 0. The Kier molecular flexibility index (Phi) is 7.47. The van der Waals surface area contributed by atoms with Crippen LogP contribution in [0.15, 0.2) is 12.1 Å². The Balaban J connectivity index is 2.80. The van der Waals surface area contributed by atoms with Crippen molar-refractivity contribution in [2.24, 2.45) is 0 Å². The highest BCUT2D eigenvalue weighted by Crippen LogP contribution is 2.28. The molecule has 0 amide bonds. The molecule has 0 saturated heterocycles. The lowest BCUT2D eigenvalue weighted by molar-refractivity contribution is -0.145. The molecule has 1 aromatic rings. The first-order valence-electron chi connectivity index (χ1n) is 6.79. The second kappa shape index (κ2) is 9.09. The molecule has 0 aromatic heterocycles. The standard InChI is InChI=1S/C15H16ClFO6/c1-3-21-15(20)8-23-14-6-10(12(17)7-11(14)16)13(19)4-5-22-9(2)18/h6-7H,3-5,8H2,1-2H3. The van der Waals surface area contributed by atoms with Gasteiger partial charge in [0.05, 0.1) is 23.8 Å². The number of halogens is 2. The maximum absolute atomic E-state index is 13.8. The number of benzene rings is 1. The lowest BCUT2D eigenvalue weighted by Crippen LogP contribution is -2.15. The van der Waals surface area contributed by atoms with Crippen LogP contribution in [-0.2, 0) is 19.1 Å². The molecule has 0 atom stereocenters. The molecule has 8 heteroatoms. The number of ketones is 1. The highest BCUT2D eigenvalue weighted by molar-refractivity contribution is 6.32. The summed E-state index contributed by atoms with van der Waals surface area (Å²) in [5.74, 6) is -2.58. The Hall–Kier alpha value is -2.15. The Morgan fingerprint density at radius 3 is 2.52 bits per heavy atom. The number of Topliss-reactive ketones (excluding diaryl/α,β-unsaturated/α-hetero) is 1. The molecule has 0 aliphatic heterocycles. The highest BCUT2D eigenvalue weighted by Gasteiger charge is 2.17. The van der Waals surface area contributed by atoms with Gasteiger partial charge in [-0.15, -0.1) is 0 Å². The molecule has 0 N–H and O–H groups in total. The SMILES string of the molecule is CCOC(=O)COc1cc(C(=O)CCOC(C)=O)c(F)cc1Cl. The highest BCUT2D eigenvalue weighted by atomic mass is 35.5. The quantitative estimate of drug-likeness (QED) is 0.531. The van der Waals surface area contributed by atoms with Crippen LogP contribution in [0.4, 0.5) is 4.39 Å². The van der Waals surface area contributed by atoms with Crippen molar-refractivity contribution in [2.75, 3.05) is 19.8 Å². The van der Waals surface area contributed by atoms with E-state index in [1.165, 1.54) is 6.92 Å². The van der Waals surface area contributed by atoms with Crippen LogP contribution in [0.25, 0.3) is 0 Å². The van der Waals surface area contributed by atoms with Gasteiger partial charge in [0.1, 0.15) is 11.6 Å². The second-order valence-electron chi connectivity index (χ2n) is 4.37. The number of carbonyl (C=O) groups is 3. The first-order chi connectivity index (χ1) is 10.8. The predicted molar refractivity (Wildman–Crippen MR) is 79.1 cm³/mol. The average molecular weight is 347 g/mol. The third-order valence-electron chi connectivity index (χ3n) is 2.61. The molecule has 0 fully saturated rings. The average Bonchev–Trinajstić information content (AvgIpc) is 2.46. The molecule has 0 saturated carbocycles. The third kappa shape index (κ3) is 6.23. The van der Waals surface area contributed by atoms with E-state index in [1.807, 2.05) is 0 Å². The van der Waals surface area contributed by atoms with Gasteiger partial charge in [-0.2, -0.15) is 0 Å². The van der Waals surface area contributed by atoms with Crippen LogP contribution in [-0.4, -0.2) is 37.5 Å². The molecular weight excluding hydrogens is 331 g/mol. The Labute approximate surface area is 137 Å². The van der Waals surface area contributed by atoms with Crippen molar-refractivity contribution in [3.8, 4) is 5.75 Å². The minimum absolute atomic E-state index is 0.0167. The van der Waals surface area contributed by atoms with Crippen LogP contribution in [0.1, 0.15) is 30.6 Å². The molecule has 0 spiro atoms. The predicted octanol–water partition coefficient (Wildman–Crippen LogP) is 2.56. The molecule has 23 heavy (non-hydrogen) atoms. The minimum Gasteiger partial charge on any atom is -0.480 e. The monoisotopic (exact) mass is 346 g/mol. The molecule has 0 radical (unpaired) electrons. The zero-order valence-corrected chi connectivity index (χ0v) is 13.4. The van der Waals surface area contributed by atoms with Crippen molar-refractivity contribution in [3.63, 3.8) is 0 Å². The van der Waals surface area contributed by atoms with E-state index in [4.69, 9.17) is 16.3 Å². The number of hydrogen-bond acceptors (Lipinski definition) is 6. The molecule has 1 aromatic carbocycles. The summed E-state index contributed by atoms with van der Waals surface area (Å²) in [6.45, 7) is 2.46. The van der Waals surface area contributed by atoms with Crippen molar-refractivity contribution >= 4 is 29.3 Å². The Morgan fingerprint density at radius 1 is 1.22 bits per heavy atom. The molecule has 0 heterocycles. The summed E-state index contributed by atoms with van der Waals surface area (Å²) in [6.07, 6.45) is -0.185. The van der Waals surface area contributed by atoms with Crippen LogP contribution in [0.2, 0.25) is 5.02 Å². The fraction of sp³-hybridized carbons (Fsp3) is 0.400. The van der Waals surface area contributed by atoms with E-state index in [9.17, 15) is 18.8 Å². The van der Waals surface area contributed by atoms with Gasteiger partial charge in [-0.1, -0.05) is 11.6 Å². The van der Waals surface area contributed by atoms with Crippen molar-refractivity contribution in [3.05, 3.63) is 28.5 Å². The summed E-state index contributed by atoms with van der Waals surface area (Å²) >= 11 is 5.81. The number of carbonyl (C=O) groups excluding carboxylic acids is 3. The van der Waals surface area contributed by atoms with Crippen molar-refractivity contribution < 1.29 is 33.0 Å². The van der Waals surface area contributed by atoms with Crippen LogP contribution < -0.4 is 4.74 Å². The maximum atomic E-state index is 13.8. The van der Waals surface area contributed by atoms with Crippen molar-refractivity contribution in [2.45, 2.75) is 20.3 Å². The largest absolute Gasteiger partial charge is 0.480 e. The number of rotatable bonds is 8. The van der Waals surface area contributed by atoms with E-state index in [0.29, 0.717) is 0 Å². The van der Waals surface area contributed by atoms with Gasteiger partial charge >= 0.3 is 11.9 Å². The molecule has 0 unspecified atom stereocenters. The van der Waals surface area contributed by atoms with Gasteiger partial charge in [-0.05, 0) is 19.1 Å². The van der Waals surface area contributed by atoms with Gasteiger partial charge in [0.15, 0.2) is 12.4 Å². The van der Waals surface area contributed by atoms with E-state index in [1.54, 1.807) is 6.92 Å². The molecule has 6 nitrogen and oxygen atoms in total. The maximum Gasteiger partial charge on any atom is 0.344 e. The number of ether oxygens (including phenoxy) is 3. The molecule has 0 bridgehead atoms. The normalized spacial score (nSPS) is 10.1. The van der Waals surface area contributed by atoms with Crippen LogP contribution in [0.3, 0.4) is 0 Å². The fourth-order valence-electron chi connectivity index (χ4n) is 1.61. The Bertz CT molecular complexity index is 602. The van der Waals surface area contributed by atoms with Gasteiger partial charge in [-0.3, -0.25) is 9.59 Å². The van der Waals surface area contributed by atoms with Crippen molar-refractivity contribution in [1.82, 2.24) is 0 Å². The van der Waals surface area contributed by atoms with E-state index in [0.717, 1.165) is 12.1 Å². The summed E-state index contributed by atoms with van der Waals surface area (Å²) in [6, 6.07) is 2.02. The van der Waals surface area contributed by atoms with Gasteiger partial charge in [0.25, 0.3) is 0 Å². The van der Waals surface area contributed by atoms with Crippen molar-refractivity contribution in [1.29, 1.82) is 0 Å². The summed E-state index contributed by atoms with van der Waals surface area (Å²) in [4.78, 5) is 33.8. The van der Waals surface area contributed by atoms with Crippen LogP contribution in [0, 0.1) is 5.82 Å². The zero-order chi connectivity index (χ0) is 17.4. The van der Waals surface area contributed by atoms with Gasteiger partial charge in [-0.25, -0.2) is 9.18 Å². The first-order valence-corrected chi connectivity index (χ1v) is 7.17. The zero-order valence-electron chi connectivity index (χ0n) is 12.7. The molecule has 0 aliphatic rings. The Morgan fingerprint density at radius 2 is 1.91 bits per heavy atom. The fourth-order valence-corrected chi connectivity index (χ4v) is 1.82. The van der Waals surface area contributed by atoms with Crippen LogP contribution >= 0.6 is 11.6 Å². The minimum atomic E-state index is -0.827. The van der Waals surface area contributed by atoms with Gasteiger partial charge in [0, 0.05) is 13.3 Å². The van der Waals surface area contributed by atoms with E-state index >= 15 is 0 Å². The first kappa shape index (κ1) is 18.9. The lowest BCUT2D eigenvalue weighted by Gasteiger charge is -2.10. The number of esters is 2. The molecule has 0 aliphatic carbocycles. The smallest absolute Gasteiger partial charge is 0.344 e. The third-order valence-corrected chi connectivity index (χ3v) is 2.90. The summed E-state index contributed by atoms with van der Waals surface area (Å²) in [5, 5.41) is -0.0802. The topological polar surface area (TPSA) is 78.9 Å². The number of hydrogen-bond donors (Lipinski definition) is 0. The van der Waals surface area contributed by atoms with E-state index < -0.39 is 30.1 Å². The second-order valence-corrected chi connectivity index (χ2v) is 4.78. The summed E-state index contributed by atoms with van der Waals surface area (Å²) in [5.41, 5.74) is -0.264. The van der Waals surface area contributed by atoms with Crippen LogP contribution in [0.5, 0.6) is 5.75 Å². The molecule has 1 rings (SSSR count). The van der Waals surface area contributed by atoms with E-state index in [2.05, 4.69) is 9.47 Å². The summed E-state index contributed by atoms with van der Waals surface area (Å²) < 4.78 is 28.3. The van der Waals surface area contributed by atoms with Gasteiger partial charge < -0.3 is 14.2 Å². The molecule has 126 valence electrons. The van der Waals surface area contributed by atoms with Gasteiger partial charge in [0.2, 0.25) is 0 Å².